The van der Waals surface area contributed by atoms with Crippen LogP contribution in [0, 0.1) is 0 Å². The van der Waals surface area contributed by atoms with Gasteiger partial charge in [-0.25, -0.2) is 9.69 Å². The number of alkyl halides is 3. The van der Waals surface area contributed by atoms with Gasteiger partial charge in [-0.1, -0.05) is 19.6 Å². The summed E-state index contributed by atoms with van der Waals surface area (Å²) >= 11 is 0. The van der Waals surface area contributed by atoms with Crippen LogP contribution in [0.3, 0.4) is 0 Å². The van der Waals surface area contributed by atoms with Crippen molar-refractivity contribution >= 4 is 35.8 Å². The molecule has 0 radical (unpaired) electrons. The Morgan fingerprint density at radius 3 is 2.23 bits per heavy atom. The second kappa shape index (κ2) is 8.94. The fourth-order valence-electron chi connectivity index (χ4n) is 2.45. The number of urea groups is 1. The Labute approximate surface area is 173 Å². The molecule has 168 valence electrons. The number of rotatable bonds is 8. The summed E-state index contributed by atoms with van der Waals surface area (Å²) < 4.78 is 68.8. The number of anilines is 1. The molecule has 0 saturated carbocycles. The number of benzene rings is 1. The molecule has 8 nitrogen and oxygen atoms in total. The van der Waals surface area contributed by atoms with Crippen LogP contribution in [0.1, 0.15) is 6.42 Å². The molecule has 0 aromatic heterocycles. The first-order valence-corrected chi connectivity index (χ1v) is 14.1. The Bertz CT molecular complexity index is 884. The lowest BCUT2D eigenvalue weighted by Crippen LogP contribution is -2.53. The molecule has 1 aromatic rings. The summed E-state index contributed by atoms with van der Waals surface area (Å²) in [4.78, 5) is 27.0. The summed E-state index contributed by atoms with van der Waals surface area (Å²) in [5.74, 6) is -0.941. The zero-order chi connectivity index (χ0) is 22.7. The molecule has 0 N–H and O–H groups in total. The van der Waals surface area contributed by atoms with E-state index in [9.17, 15) is 31.2 Å². The fraction of sp³-hybridized carbons (Fsp3) is 0.529. The Morgan fingerprint density at radius 2 is 1.70 bits per heavy atom. The lowest BCUT2D eigenvalue weighted by molar-refractivity contribution is -0.133. The Hall–Kier alpha value is -2.12. The highest BCUT2D eigenvalue weighted by Gasteiger charge is 2.48. The van der Waals surface area contributed by atoms with Gasteiger partial charge in [0.1, 0.15) is 12.5 Å². The minimum Gasteiger partial charge on any atom is -0.376 e. The van der Waals surface area contributed by atoms with Crippen molar-refractivity contribution in [1.29, 1.82) is 0 Å². The molecule has 1 aliphatic rings. The number of hydrogen-bond acceptors (Lipinski definition) is 6. The van der Waals surface area contributed by atoms with E-state index in [4.69, 9.17) is 4.74 Å². The second-order valence-corrected chi connectivity index (χ2v) is 15.0. The van der Waals surface area contributed by atoms with Gasteiger partial charge in [-0.2, -0.15) is 21.6 Å². The average Bonchev–Trinajstić information content (AvgIpc) is 2.60. The molecule has 1 fully saturated rings. The molecule has 30 heavy (non-hydrogen) atoms. The number of carbonyl (C=O) groups excluding carboxylic acids is 2. The zero-order valence-corrected chi connectivity index (χ0v) is 18.5. The molecule has 0 unspecified atom stereocenters. The predicted octanol–water partition coefficient (Wildman–Crippen LogP) is 3.39. The molecule has 13 heteroatoms. The van der Waals surface area contributed by atoms with Crippen LogP contribution < -0.4 is 9.08 Å². The first kappa shape index (κ1) is 24.1. The van der Waals surface area contributed by atoms with Gasteiger partial charge in [-0.3, -0.25) is 9.69 Å². The second-order valence-electron chi connectivity index (χ2n) is 7.83. The molecule has 3 amide bonds. The number of ether oxygens (including phenoxy) is 1. The summed E-state index contributed by atoms with van der Waals surface area (Å²) in [5, 5.41) is 0. The van der Waals surface area contributed by atoms with E-state index >= 15 is 0 Å². The molecule has 1 heterocycles. The summed E-state index contributed by atoms with van der Waals surface area (Å²) in [6.45, 7) is 6.81. The van der Waals surface area contributed by atoms with E-state index in [-0.39, 0.29) is 31.3 Å². The Balaban J connectivity index is 2.04. The van der Waals surface area contributed by atoms with Crippen molar-refractivity contribution in [3.8, 4) is 5.75 Å². The number of halogens is 3. The van der Waals surface area contributed by atoms with Crippen LogP contribution in [-0.4, -0.2) is 58.7 Å². The number of hydrogen-bond donors (Lipinski definition) is 0. The highest BCUT2D eigenvalue weighted by molar-refractivity contribution is 7.88. The molecule has 0 atom stereocenters. The maximum absolute atomic E-state index is 12.7. The molecular weight excluding hydrogens is 445 g/mol. The molecule has 0 aliphatic carbocycles. The Kier molecular flexibility index (Phi) is 7.19. The zero-order valence-electron chi connectivity index (χ0n) is 16.7. The van der Waals surface area contributed by atoms with Crippen LogP contribution in [0.15, 0.2) is 24.3 Å². The van der Waals surface area contributed by atoms with Crippen molar-refractivity contribution < 1.29 is 40.1 Å². The molecule has 1 aromatic carbocycles. The third kappa shape index (κ3) is 6.19. The normalized spacial score (nSPS) is 16.2. The number of amides is 3. The molecular formula is C17H23F3N2O6SSi. The fourth-order valence-corrected chi connectivity index (χ4v) is 3.66. The van der Waals surface area contributed by atoms with Crippen LogP contribution in [0.4, 0.5) is 23.7 Å². The van der Waals surface area contributed by atoms with Crippen molar-refractivity contribution in [2.75, 3.05) is 24.8 Å². The van der Waals surface area contributed by atoms with Crippen molar-refractivity contribution in [2.45, 2.75) is 37.6 Å². The molecule has 1 saturated heterocycles. The van der Waals surface area contributed by atoms with E-state index in [0.29, 0.717) is 6.61 Å². The lowest BCUT2D eigenvalue weighted by Gasteiger charge is -2.34. The quantitative estimate of drug-likeness (QED) is 0.251. The molecule has 1 aliphatic heterocycles. The van der Waals surface area contributed by atoms with Crippen LogP contribution in [0.25, 0.3) is 0 Å². The smallest absolute Gasteiger partial charge is 0.376 e. The van der Waals surface area contributed by atoms with Gasteiger partial charge in [0.25, 0.3) is 0 Å². The third-order valence-corrected chi connectivity index (χ3v) is 6.85. The van der Waals surface area contributed by atoms with Crippen molar-refractivity contribution in [3.05, 3.63) is 24.3 Å². The van der Waals surface area contributed by atoms with Gasteiger partial charge in [0, 0.05) is 33.3 Å². The summed E-state index contributed by atoms with van der Waals surface area (Å²) in [6, 6.07) is 4.71. The van der Waals surface area contributed by atoms with Gasteiger partial charge >= 0.3 is 21.7 Å². The van der Waals surface area contributed by atoms with Crippen LogP contribution in [0.2, 0.25) is 25.7 Å². The maximum atomic E-state index is 12.7. The van der Waals surface area contributed by atoms with Crippen LogP contribution in [0.5, 0.6) is 5.75 Å². The largest absolute Gasteiger partial charge is 0.534 e. The van der Waals surface area contributed by atoms with Crippen molar-refractivity contribution in [3.63, 3.8) is 0 Å². The number of nitrogens with zero attached hydrogens (tertiary/aromatic N) is 2. The minimum atomic E-state index is -5.79. The first-order chi connectivity index (χ1) is 13.7. The van der Waals surface area contributed by atoms with Crippen molar-refractivity contribution in [2.24, 2.45) is 0 Å². The summed E-state index contributed by atoms with van der Waals surface area (Å²) in [6.07, 6.45) is 0.0455. The number of carbonyl (C=O) groups is 2. The summed E-state index contributed by atoms with van der Waals surface area (Å²) in [7, 11) is -7.11. The predicted molar refractivity (Wildman–Crippen MR) is 105 cm³/mol. The van der Waals surface area contributed by atoms with Crippen molar-refractivity contribution in [1.82, 2.24) is 4.90 Å². The van der Waals surface area contributed by atoms with E-state index in [1.54, 1.807) is 0 Å². The maximum Gasteiger partial charge on any atom is 0.534 e. The van der Waals surface area contributed by atoms with Gasteiger partial charge in [0.05, 0.1) is 0 Å². The van der Waals surface area contributed by atoms with Gasteiger partial charge < -0.3 is 8.92 Å². The summed E-state index contributed by atoms with van der Waals surface area (Å²) in [5.41, 5.74) is -5.28. The van der Waals surface area contributed by atoms with Gasteiger partial charge in [0.2, 0.25) is 5.91 Å². The molecule has 2 rings (SSSR count). The lowest BCUT2D eigenvalue weighted by atomic mass is 10.2. The van der Waals surface area contributed by atoms with Gasteiger partial charge in [-0.05, 0) is 30.3 Å². The van der Waals surface area contributed by atoms with E-state index in [0.717, 1.165) is 23.1 Å². The van der Waals surface area contributed by atoms with Crippen LogP contribution in [-0.2, 0) is 19.6 Å². The van der Waals surface area contributed by atoms with E-state index in [1.807, 2.05) is 0 Å². The van der Waals surface area contributed by atoms with Crippen LogP contribution >= 0.6 is 0 Å². The van der Waals surface area contributed by atoms with E-state index < -0.39 is 35.5 Å². The Morgan fingerprint density at radius 1 is 1.10 bits per heavy atom. The number of imide groups is 1. The van der Waals surface area contributed by atoms with Gasteiger partial charge in [0.15, 0.2) is 0 Å². The minimum absolute atomic E-state index is 0.0455. The standard InChI is InChI=1S/C17H23F3N2O6SSi/c1-30(2,3)11-10-27-12-22-15(23)8-9-21(16(22)24)13-4-6-14(7-5-13)28-29(25,26)17(18,19)20/h4-7H,8-12H2,1-3H3. The monoisotopic (exact) mass is 468 g/mol. The molecule has 0 spiro atoms. The highest BCUT2D eigenvalue weighted by Crippen LogP contribution is 2.29. The first-order valence-electron chi connectivity index (χ1n) is 9.02. The van der Waals surface area contributed by atoms with E-state index in [1.165, 1.54) is 17.0 Å². The molecule has 0 bridgehead atoms. The van der Waals surface area contributed by atoms with Gasteiger partial charge in [-0.15, -0.1) is 0 Å². The average molecular weight is 469 g/mol. The third-order valence-electron chi connectivity index (χ3n) is 4.17. The van der Waals surface area contributed by atoms with E-state index in [2.05, 4.69) is 23.8 Å². The SMILES string of the molecule is C[Si](C)(C)CCOCN1C(=O)CCN(c2ccc(OS(=O)(=O)C(F)(F)F)cc2)C1=O. The highest BCUT2D eigenvalue weighted by atomic mass is 32.2. The topological polar surface area (TPSA) is 93.2 Å².